The van der Waals surface area contributed by atoms with Crippen molar-refractivity contribution >= 4 is 27.5 Å². The number of carbonyl (C=O) groups excluding carboxylic acids is 2. The number of nitrogens with one attached hydrogen (secondary N) is 1. The highest BCUT2D eigenvalue weighted by atomic mass is 32.2. The minimum atomic E-state index is -3.87. The van der Waals surface area contributed by atoms with Crippen LogP contribution in [0.15, 0.2) is 48.5 Å². The molecule has 0 heterocycles. The summed E-state index contributed by atoms with van der Waals surface area (Å²) < 4.78 is 37.1. The lowest BCUT2D eigenvalue weighted by Crippen LogP contribution is -2.53. The molecule has 2 atom stereocenters. The molecule has 0 saturated carbocycles. The quantitative estimate of drug-likeness (QED) is 0.436. The van der Waals surface area contributed by atoms with E-state index in [0.29, 0.717) is 12.2 Å². The number of ether oxygens (including phenoxy) is 2. The fourth-order valence-electron chi connectivity index (χ4n) is 3.62. The van der Waals surface area contributed by atoms with Crippen molar-refractivity contribution in [2.75, 3.05) is 37.9 Å². The van der Waals surface area contributed by atoms with Gasteiger partial charge in [-0.15, -0.1) is 0 Å². The molecule has 2 unspecified atom stereocenters. The summed E-state index contributed by atoms with van der Waals surface area (Å²) in [5, 5.41) is 2.91. The third kappa shape index (κ3) is 7.87. The second-order valence-electron chi connectivity index (χ2n) is 8.62. The monoisotopic (exact) mass is 519 g/mol. The fourth-order valence-corrected chi connectivity index (χ4v) is 4.47. The van der Waals surface area contributed by atoms with Crippen LogP contribution in [0.5, 0.6) is 11.5 Å². The van der Waals surface area contributed by atoms with Crippen LogP contribution in [0.2, 0.25) is 0 Å². The molecule has 0 aromatic heterocycles. The van der Waals surface area contributed by atoms with E-state index in [4.69, 9.17) is 9.47 Å². The Morgan fingerprint density at radius 2 is 1.69 bits per heavy atom. The summed E-state index contributed by atoms with van der Waals surface area (Å²) in [5.74, 6) is -0.0686. The molecule has 0 aliphatic carbocycles. The van der Waals surface area contributed by atoms with Crippen LogP contribution in [0.4, 0.5) is 5.69 Å². The van der Waals surface area contributed by atoms with Crippen LogP contribution in [0.3, 0.4) is 0 Å². The van der Waals surface area contributed by atoms with Crippen LogP contribution >= 0.6 is 0 Å². The van der Waals surface area contributed by atoms with Crippen molar-refractivity contribution in [2.45, 2.75) is 45.7 Å². The van der Waals surface area contributed by atoms with Crippen LogP contribution in [0.1, 0.15) is 32.8 Å². The summed E-state index contributed by atoms with van der Waals surface area (Å²) in [6.07, 6.45) is 2.28. The number of rotatable bonds is 13. The molecule has 0 aliphatic rings. The fraction of sp³-hybridized carbons (Fsp3) is 0.462. The first-order chi connectivity index (χ1) is 17.0. The van der Waals surface area contributed by atoms with E-state index in [1.807, 2.05) is 44.2 Å². The SMILES string of the molecule is CCC(C)NC(=O)C(C)N(CCc1ccccc1)C(=O)CN(c1ccc(OC)cc1OC)S(C)(=O)=O. The van der Waals surface area contributed by atoms with E-state index < -0.39 is 28.5 Å². The van der Waals surface area contributed by atoms with Crippen LogP contribution in [-0.4, -0.2) is 70.8 Å². The maximum atomic E-state index is 13.6. The zero-order chi connectivity index (χ0) is 26.9. The number of amides is 2. The Bertz CT molecular complexity index is 1120. The molecule has 36 heavy (non-hydrogen) atoms. The van der Waals surface area contributed by atoms with E-state index in [9.17, 15) is 18.0 Å². The Labute approximate surface area is 214 Å². The Morgan fingerprint density at radius 3 is 2.25 bits per heavy atom. The Balaban J connectivity index is 2.38. The van der Waals surface area contributed by atoms with E-state index in [-0.39, 0.29) is 29.9 Å². The van der Waals surface area contributed by atoms with Gasteiger partial charge in [-0.25, -0.2) is 8.42 Å². The third-order valence-corrected chi connectivity index (χ3v) is 7.11. The molecule has 2 rings (SSSR count). The van der Waals surface area contributed by atoms with Crippen LogP contribution < -0.4 is 19.1 Å². The van der Waals surface area contributed by atoms with Gasteiger partial charge in [0.25, 0.3) is 0 Å². The van der Waals surface area contributed by atoms with Gasteiger partial charge in [-0.05, 0) is 44.4 Å². The smallest absolute Gasteiger partial charge is 0.244 e. The summed E-state index contributed by atoms with van der Waals surface area (Å²) in [5.41, 5.74) is 1.20. The number of carbonyl (C=O) groups is 2. The van der Waals surface area contributed by atoms with Gasteiger partial charge >= 0.3 is 0 Å². The van der Waals surface area contributed by atoms with Crippen molar-refractivity contribution in [3.63, 3.8) is 0 Å². The van der Waals surface area contributed by atoms with Gasteiger partial charge < -0.3 is 19.7 Å². The maximum absolute atomic E-state index is 13.6. The van der Waals surface area contributed by atoms with Gasteiger partial charge in [-0.2, -0.15) is 0 Å². The first kappa shape index (κ1) is 29.0. The van der Waals surface area contributed by atoms with E-state index in [1.54, 1.807) is 19.1 Å². The maximum Gasteiger partial charge on any atom is 0.244 e. The molecule has 1 N–H and O–H groups in total. The average molecular weight is 520 g/mol. The topological polar surface area (TPSA) is 105 Å². The Morgan fingerprint density at radius 1 is 1.03 bits per heavy atom. The average Bonchev–Trinajstić information content (AvgIpc) is 2.86. The third-order valence-electron chi connectivity index (χ3n) is 5.99. The second kappa shape index (κ2) is 13.2. The summed E-state index contributed by atoms with van der Waals surface area (Å²) in [6.45, 7) is 5.26. The molecule has 0 saturated heterocycles. The normalized spacial score (nSPS) is 12.8. The van der Waals surface area contributed by atoms with Gasteiger partial charge in [0.2, 0.25) is 21.8 Å². The van der Waals surface area contributed by atoms with Gasteiger partial charge in [-0.3, -0.25) is 13.9 Å². The minimum Gasteiger partial charge on any atom is -0.497 e. The van der Waals surface area contributed by atoms with Crippen molar-refractivity contribution in [1.29, 1.82) is 0 Å². The Kier molecular flexibility index (Phi) is 10.6. The lowest BCUT2D eigenvalue weighted by molar-refractivity contribution is -0.139. The van der Waals surface area contributed by atoms with Gasteiger partial charge in [0, 0.05) is 18.7 Å². The van der Waals surface area contributed by atoms with Crippen molar-refractivity contribution in [3.05, 3.63) is 54.1 Å². The molecule has 0 aliphatic heterocycles. The largest absolute Gasteiger partial charge is 0.497 e. The number of nitrogens with zero attached hydrogens (tertiary/aromatic N) is 2. The predicted molar refractivity (Wildman–Crippen MR) is 141 cm³/mol. The van der Waals surface area contributed by atoms with Crippen LogP contribution in [0.25, 0.3) is 0 Å². The molecule has 0 fully saturated rings. The number of anilines is 1. The highest BCUT2D eigenvalue weighted by Gasteiger charge is 2.31. The summed E-state index contributed by atoms with van der Waals surface area (Å²) >= 11 is 0. The van der Waals surface area contributed by atoms with Crippen molar-refractivity contribution < 1.29 is 27.5 Å². The van der Waals surface area contributed by atoms with Crippen LogP contribution in [0, 0.1) is 0 Å². The van der Waals surface area contributed by atoms with E-state index in [0.717, 1.165) is 22.5 Å². The number of sulfonamides is 1. The molecular formula is C26H37N3O6S. The van der Waals surface area contributed by atoms with Crippen molar-refractivity contribution in [2.24, 2.45) is 0 Å². The molecular weight excluding hydrogens is 482 g/mol. The summed E-state index contributed by atoms with van der Waals surface area (Å²) in [4.78, 5) is 27.9. The van der Waals surface area contributed by atoms with Gasteiger partial charge in [0.1, 0.15) is 24.1 Å². The molecule has 10 heteroatoms. The number of benzene rings is 2. The minimum absolute atomic E-state index is 0.0536. The van der Waals surface area contributed by atoms with Gasteiger partial charge in [0.05, 0.1) is 26.2 Å². The molecule has 2 amide bonds. The molecule has 2 aromatic carbocycles. The van der Waals surface area contributed by atoms with E-state index >= 15 is 0 Å². The molecule has 0 spiro atoms. The zero-order valence-corrected chi connectivity index (χ0v) is 22.7. The first-order valence-corrected chi connectivity index (χ1v) is 13.7. The lowest BCUT2D eigenvalue weighted by Gasteiger charge is -2.32. The van der Waals surface area contributed by atoms with E-state index in [2.05, 4.69) is 5.32 Å². The molecule has 0 bridgehead atoms. The highest BCUT2D eigenvalue weighted by Crippen LogP contribution is 2.33. The van der Waals surface area contributed by atoms with Gasteiger partial charge in [-0.1, -0.05) is 37.3 Å². The molecule has 2 aromatic rings. The number of methoxy groups -OCH3 is 2. The highest BCUT2D eigenvalue weighted by molar-refractivity contribution is 7.92. The number of hydrogen-bond acceptors (Lipinski definition) is 6. The molecule has 0 radical (unpaired) electrons. The van der Waals surface area contributed by atoms with Crippen molar-refractivity contribution in [3.8, 4) is 11.5 Å². The summed E-state index contributed by atoms with van der Waals surface area (Å²) in [6, 6.07) is 13.4. The first-order valence-electron chi connectivity index (χ1n) is 11.8. The number of hydrogen-bond donors (Lipinski definition) is 1. The summed E-state index contributed by atoms with van der Waals surface area (Å²) in [7, 11) is -0.971. The van der Waals surface area contributed by atoms with E-state index in [1.165, 1.54) is 25.2 Å². The molecule has 9 nitrogen and oxygen atoms in total. The predicted octanol–water partition coefficient (Wildman–Crippen LogP) is 2.84. The van der Waals surface area contributed by atoms with Gasteiger partial charge in [0.15, 0.2) is 0 Å². The lowest BCUT2D eigenvalue weighted by atomic mass is 10.1. The zero-order valence-electron chi connectivity index (χ0n) is 21.9. The standard InChI is InChI=1S/C26H37N3O6S/c1-7-19(2)27-26(31)20(3)28(16-15-21-11-9-8-10-12-21)25(30)18-29(36(6,32)33)23-14-13-22(34-4)17-24(23)35-5/h8-14,17,19-20H,7,15-16,18H2,1-6H3,(H,27,31). The van der Waals surface area contributed by atoms with Crippen LogP contribution in [-0.2, 0) is 26.0 Å². The Hall–Kier alpha value is -3.27. The second-order valence-corrected chi connectivity index (χ2v) is 10.5. The van der Waals surface area contributed by atoms with Crippen molar-refractivity contribution in [1.82, 2.24) is 10.2 Å². The molecule has 198 valence electrons.